The van der Waals surface area contributed by atoms with Crippen molar-refractivity contribution in [2.24, 2.45) is 0 Å². The summed E-state index contributed by atoms with van der Waals surface area (Å²) < 4.78 is 15.1. The van der Waals surface area contributed by atoms with Crippen molar-refractivity contribution in [1.29, 1.82) is 0 Å². The summed E-state index contributed by atoms with van der Waals surface area (Å²) in [5.41, 5.74) is 1.63. The Morgan fingerprint density at radius 3 is 2.23 bits per heavy atom. The first-order chi connectivity index (χ1) is 14.3. The molecule has 1 heterocycles. The highest BCUT2D eigenvalue weighted by Gasteiger charge is 2.27. The minimum absolute atomic E-state index is 0.0725. The van der Waals surface area contributed by atoms with Crippen LogP contribution in [0.1, 0.15) is 55.4 Å². The topological polar surface area (TPSA) is 108 Å². The molecule has 1 N–H and O–H groups in total. The zero-order chi connectivity index (χ0) is 22.3. The van der Waals surface area contributed by atoms with Gasteiger partial charge in [-0.2, -0.15) is 0 Å². The Kier molecular flexibility index (Phi) is 8.11. The second-order valence-electron chi connectivity index (χ2n) is 6.20. The summed E-state index contributed by atoms with van der Waals surface area (Å²) in [5.74, 6) is -2.57. The van der Waals surface area contributed by atoms with Crippen molar-refractivity contribution in [3.05, 3.63) is 51.4 Å². The van der Waals surface area contributed by atoms with Crippen LogP contribution in [0, 0.1) is 13.8 Å². The van der Waals surface area contributed by atoms with E-state index >= 15 is 0 Å². The molecule has 9 heteroatoms. The monoisotopic (exact) mass is 433 g/mol. The van der Waals surface area contributed by atoms with Crippen LogP contribution >= 0.6 is 11.3 Å². The van der Waals surface area contributed by atoms with Crippen molar-refractivity contribution < 1.29 is 33.4 Å². The van der Waals surface area contributed by atoms with Gasteiger partial charge < -0.3 is 19.5 Å². The van der Waals surface area contributed by atoms with Gasteiger partial charge in [0.05, 0.1) is 24.3 Å². The Morgan fingerprint density at radius 1 is 0.933 bits per heavy atom. The lowest BCUT2D eigenvalue weighted by atomic mass is 10.1. The highest BCUT2D eigenvalue weighted by molar-refractivity contribution is 7.18. The average molecular weight is 433 g/mol. The van der Waals surface area contributed by atoms with Crippen LogP contribution in [0.25, 0.3) is 0 Å². The number of ether oxygens (including phenoxy) is 3. The summed E-state index contributed by atoms with van der Waals surface area (Å²) >= 11 is 0.901. The number of carbonyl (C=O) groups excluding carboxylic acids is 4. The van der Waals surface area contributed by atoms with Crippen molar-refractivity contribution in [2.45, 2.75) is 27.7 Å². The lowest BCUT2D eigenvalue weighted by Crippen LogP contribution is -2.21. The molecule has 0 radical (unpaired) electrons. The van der Waals surface area contributed by atoms with Crippen LogP contribution in [-0.4, -0.2) is 43.6 Å². The molecule has 0 spiro atoms. The number of hydrogen-bond donors (Lipinski definition) is 1. The Morgan fingerprint density at radius 2 is 1.60 bits per heavy atom. The molecule has 0 saturated heterocycles. The van der Waals surface area contributed by atoms with E-state index in [4.69, 9.17) is 14.2 Å². The lowest BCUT2D eigenvalue weighted by Gasteiger charge is -2.08. The van der Waals surface area contributed by atoms with Gasteiger partial charge in [-0.3, -0.25) is 4.79 Å². The number of nitrogens with one attached hydrogen (secondary N) is 1. The molecule has 0 atom stereocenters. The third-order valence-electron chi connectivity index (χ3n) is 3.93. The first-order valence-corrected chi connectivity index (χ1v) is 10.1. The molecule has 2 rings (SSSR count). The molecule has 0 unspecified atom stereocenters. The summed E-state index contributed by atoms with van der Waals surface area (Å²) in [7, 11) is 0. The first-order valence-electron chi connectivity index (χ1n) is 9.29. The van der Waals surface area contributed by atoms with Gasteiger partial charge in [0.2, 0.25) is 0 Å². The van der Waals surface area contributed by atoms with Crippen molar-refractivity contribution in [3.8, 4) is 0 Å². The van der Waals surface area contributed by atoms with Gasteiger partial charge in [0.1, 0.15) is 9.88 Å². The Hall–Kier alpha value is -3.20. The first kappa shape index (κ1) is 23.1. The van der Waals surface area contributed by atoms with Crippen LogP contribution in [0.2, 0.25) is 0 Å². The minimum Gasteiger partial charge on any atom is -0.462 e. The molecular formula is C21H23NO7S. The van der Waals surface area contributed by atoms with Crippen LogP contribution in [0.3, 0.4) is 0 Å². The Bertz CT molecular complexity index is 964. The number of hydrogen-bond acceptors (Lipinski definition) is 8. The highest BCUT2D eigenvalue weighted by Crippen LogP contribution is 2.34. The third kappa shape index (κ3) is 5.66. The van der Waals surface area contributed by atoms with Crippen LogP contribution in [-0.2, 0) is 19.0 Å². The molecular weight excluding hydrogens is 410 g/mol. The number of benzene rings is 1. The normalized spacial score (nSPS) is 10.3. The van der Waals surface area contributed by atoms with Crippen molar-refractivity contribution in [2.75, 3.05) is 25.1 Å². The van der Waals surface area contributed by atoms with E-state index in [1.54, 1.807) is 39.0 Å². The minimum atomic E-state index is -0.672. The Balaban J connectivity index is 2.16. The predicted octanol–water partition coefficient (Wildman–Crippen LogP) is 3.51. The molecule has 0 aliphatic rings. The number of amides is 1. The van der Waals surface area contributed by atoms with E-state index in [0.717, 1.165) is 16.9 Å². The molecule has 0 aliphatic heterocycles. The fourth-order valence-corrected chi connectivity index (χ4v) is 3.70. The zero-order valence-corrected chi connectivity index (χ0v) is 18.0. The number of anilines is 1. The fourth-order valence-electron chi connectivity index (χ4n) is 2.59. The molecule has 160 valence electrons. The van der Waals surface area contributed by atoms with E-state index in [9.17, 15) is 19.2 Å². The second kappa shape index (κ2) is 10.5. The number of aryl methyl sites for hydroxylation is 1. The zero-order valence-electron chi connectivity index (χ0n) is 17.2. The maximum Gasteiger partial charge on any atom is 0.348 e. The van der Waals surface area contributed by atoms with Crippen molar-refractivity contribution in [3.63, 3.8) is 0 Å². The highest BCUT2D eigenvalue weighted by atomic mass is 32.1. The SMILES string of the molecule is CCOC(=O)c1sc(NC(=O)COC(=O)c2cccc(C)c2)c(C(=O)OCC)c1C. The second-order valence-corrected chi connectivity index (χ2v) is 7.22. The number of rotatable bonds is 8. The van der Waals surface area contributed by atoms with Crippen molar-refractivity contribution in [1.82, 2.24) is 0 Å². The van der Waals surface area contributed by atoms with Crippen molar-refractivity contribution >= 4 is 40.2 Å². The van der Waals surface area contributed by atoms with E-state index in [2.05, 4.69) is 5.32 Å². The largest absolute Gasteiger partial charge is 0.462 e. The van der Waals surface area contributed by atoms with Gasteiger partial charge in [0, 0.05) is 0 Å². The predicted molar refractivity (Wildman–Crippen MR) is 111 cm³/mol. The standard InChI is InChI=1S/C21H23NO7S/c1-5-27-20(25)16-13(4)17(21(26)28-6-2)30-18(16)22-15(23)11-29-19(24)14-9-7-8-12(3)10-14/h7-10H,5-6,11H2,1-4H3,(H,22,23). The molecule has 8 nitrogen and oxygen atoms in total. The van der Waals surface area contributed by atoms with E-state index in [0.29, 0.717) is 11.1 Å². The van der Waals surface area contributed by atoms with Gasteiger partial charge in [-0.15, -0.1) is 11.3 Å². The van der Waals surface area contributed by atoms with Gasteiger partial charge in [-0.25, -0.2) is 14.4 Å². The maximum absolute atomic E-state index is 12.3. The third-order valence-corrected chi connectivity index (χ3v) is 5.12. The lowest BCUT2D eigenvalue weighted by molar-refractivity contribution is -0.119. The number of esters is 3. The van der Waals surface area contributed by atoms with Crippen LogP contribution < -0.4 is 5.32 Å². The van der Waals surface area contributed by atoms with Crippen LogP contribution in [0.15, 0.2) is 24.3 Å². The van der Waals surface area contributed by atoms with Gasteiger partial charge in [-0.05, 0) is 45.4 Å². The molecule has 2 aromatic rings. The molecule has 0 fully saturated rings. The quantitative estimate of drug-likeness (QED) is 0.501. The fraction of sp³-hybridized carbons (Fsp3) is 0.333. The summed E-state index contributed by atoms with van der Waals surface area (Å²) in [6.45, 7) is 6.46. The van der Waals surface area contributed by atoms with Gasteiger partial charge >= 0.3 is 17.9 Å². The number of carbonyl (C=O) groups is 4. The molecule has 1 aromatic carbocycles. The summed E-state index contributed by atoms with van der Waals surface area (Å²) in [6.07, 6.45) is 0. The van der Waals surface area contributed by atoms with E-state index in [1.807, 2.05) is 13.0 Å². The molecule has 1 aromatic heterocycles. The average Bonchev–Trinajstić information content (AvgIpc) is 3.02. The summed E-state index contributed by atoms with van der Waals surface area (Å²) in [6, 6.07) is 6.78. The van der Waals surface area contributed by atoms with E-state index in [-0.39, 0.29) is 28.7 Å². The van der Waals surface area contributed by atoms with E-state index < -0.39 is 30.4 Å². The molecule has 0 saturated carbocycles. The smallest absolute Gasteiger partial charge is 0.348 e. The van der Waals surface area contributed by atoms with Crippen LogP contribution in [0.4, 0.5) is 5.00 Å². The molecule has 30 heavy (non-hydrogen) atoms. The molecule has 1 amide bonds. The number of thiophene rings is 1. The molecule has 0 aliphatic carbocycles. The maximum atomic E-state index is 12.3. The molecule has 0 bridgehead atoms. The van der Waals surface area contributed by atoms with Gasteiger partial charge in [-0.1, -0.05) is 17.7 Å². The Labute approximate surface area is 178 Å². The summed E-state index contributed by atoms with van der Waals surface area (Å²) in [5, 5.41) is 2.65. The summed E-state index contributed by atoms with van der Waals surface area (Å²) in [4.78, 5) is 49.1. The van der Waals surface area contributed by atoms with Crippen LogP contribution in [0.5, 0.6) is 0 Å². The van der Waals surface area contributed by atoms with Gasteiger partial charge in [0.25, 0.3) is 5.91 Å². The van der Waals surface area contributed by atoms with E-state index in [1.165, 1.54) is 0 Å². The van der Waals surface area contributed by atoms with Gasteiger partial charge in [0.15, 0.2) is 6.61 Å².